The summed E-state index contributed by atoms with van der Waals surface area (Å²) < 4.78 is 0. The Kier molecular flexibility index (Phi) is 4.58. The number of benzene rings is 4. The van der Waals surface area contributed by atoms with Crippen LogP contribution in [0, 0.1) is 0 Å². The molecule has 4 heteroatoms. The first kappa shape index (κ1) is 16.2. The number of nitrogens with zero attached hydrogens (tertiary/aromatic N) is 1. The lowest BCUT2D eigenvalue weighted by atomic mass is 10.1. The molecule has 0 spiro atoms. The van der Waals surface area contributed by atoms with Gasteiger partial charge in [-0.3, -0.25) is 5.43 Å². The van der Waals surface area contributed by atoms with Crippen molar-refractivity contribution in [2.45, 2.75) is 0 Å². The first-order valence-corrected chi connectivity index (χ1v) is 8.78. The van der Waals surface area contributed by atoms with Crippen LogP contribution >= 0.6 is 12.2 Å². The highest BCUT2D eigenvalue weighted by Gasteiger charge is 2.02. The molecule has 0 bridgehead atoms. The molecule has 0 unspecified atom stereocenters. The average Bonchev–Trinajstić information content (AvgIpc) is 2.68. The number of thiocarbonyl (C=S) groups is 1. The van der Waals surface area contributed by atoms with Crippen molar-refractivity contribution < 1.29 is 0 Å². The van der Waals surface area contributed by atoms with Gasteiger partial charge in [-0.1, -0.05) is 78.9 Å². The smallest absolute Gasteiger partial charge is 0.191 e. The van der Waals surface area contributed by atoms with Crippen molar-refractivity contribution in [1.29, 1.82) is 0 Å². The molecule has 0 saturated carbocycles. The van der Waals surface area contributed by atoms with E-state index in [-0.39, 0.29) is 0 Å². The molecule has 0 aliphatic heterocycles. The SMILES string of the molecule is S=C(N/N=C/c1cccc2ccccc12)Nc1cccc2ccccc12. The molecule has 0 heterocycles. The van der Waals surface area contributed by atoms with E-state index in [9.17, 15) is 0 Å². The number of hydrogen-bond acceptors (Lipinski definition) is 2. The minimum absolute atomic E-state index is 0.456. The van der Waals surface area contributed by atoms with Crippen LogP contribution in [-0.4, -0.2) is 11.3 Å². The maximum absolute atomic E-state index is 5.37. The van der Waals surface area contributed by atoms with Gasteiger partial charge in [0.25, 0.3) is 0 Å². The monoisotopic (exact) mass is 355 g/mol. The minimum Gasteiger partial charge on any atom is -0.331 e. The third kappa shape index (κ3) is 3.41. The van der Waals surface area contributed by atoms with Crippen LogP contribution in [-0.2, 0) is 0 Å². The molecular formula is C22H17N3S. The molecule has 0 aromatic heterocycles. The average molecular weight is 355 g/mol. The van der Waals surface area contributed by atoms with Gasteiger partial charge in [-0.05, 0) is 34.4 Å². The van der Waals surface area contributed by atoms with Gasteiger partial charge in [0.1, 0.15) is 0 Å². The second kappa shape index (κ2) is 7.33. The van der Waals surface area contributed by atoms with Crippen LogP contribution in [0.2, 0.25) is 0 Å². The zero-order valence-electron chi connectivity index (χ0n) is 14.0. The van der Waals surface area contributed by atoms with E-state index in [1.54, 1.807) is 6.21 Å². The van der Waals surface area contributed by atoms with Crippen molar-refractivity contribution in [2.24, 2.45) is 5.10 Å². The molecule has 0 amide bonds. The zero-order chi connectivity index (χ0) is 17.8. The number of hydrogen-bond donors (Lipinski definition) is 2. The van der Waals surface area contributed by atoms with E-state index in [0.29, 0.717) is 5.11 Å². The highest BCUT2D eigenvalue weighted by Crippen LogP contribution is 2.22. The largest absolute Gasteiger partial charge is 0.331 e. The van der Waals surface area contributed by atoms with Crippen LogP contribution in [0.25, 0.3) is 21.5 Å². The summed E-state index contributed by atoms with van der Waals surface area (Å²) in [4.78, 5) is 0. The first-order valence-electron chi connectivity index (χ1n) is 8.37. The standard InChI is InChI=1S/C22H17N3S/c26-22(24-21-14-6-10-17-8-2-4-13-20(17)21)25-23-15-18-11-5-9-16-7-1-3-12-19(16)18/h1-15H,(H2,24,25,26)/b23-15+. The van der Waals surface area contributed by atoms with E-state index in [4.69, 9.17) is 12.2 Å². The highest BCUT2D eigenvalue weighted by molar-refractivity contribution is 7.80. The Bertz CT molecular complexity index is 1110. The van der Waals surface area contributed by atoms with Crippen molar-refractivity contribution in [1.82, 2.24) is 5.43 Å². The molecule has 126 valence electrons. The Hall–Kier alpha value is -3.24. The second-order valence-corrected chi connectivity index (χ2v) is 6.33. The molecule has 0 aliphatic carbocycles. The number of anilines is 1. The summed E-state index contributed by atoms with van der Waals surface area (Å²) in [6, 6.07) is 28.7. The first-order chi connectivity index (χ1) is 12.8. The molecule has 4 aromatic rings. The second-order valence-electron chi connectivity index (χ2n) is 5.92. The van der Waals surface area contributed by atoms with E-state index in [1.165, 1.54) is 10.8 Å². The molecule has 0 aliphatic rings. The molecule has 0 fully saturated rings. The Labute approximate surface area is 157 Å². The fourth-order valence-electron chi connectivity index (χ4n) is 3.01. The van der Waals surface area contributed by atoms with Crippen LogP contribution in [0.5, 0.6) is 0 Å². The number of rotatable bonds is 3. The molecular weight excluding hydrogens is 338 g/mol. The van der Waals surface area contributed by atoms with Crippen LogP contribution in [0.4, 0.5) is 5.69 Å². The van der Waals surface area contributed by atoms with E-state index >= 15 is 0 Å². The third-order valence-electron chi connectivity index (χ3n) is 4.23. The number of hydrazone groups is 1. The fraction of sp³-hybridized carbons (Fsp3) is 0. The summed E-state index contributed by atoms with van der Waals surface area (Å²) in [5.74, 6) is 0. The van der Waals surface area contributed by atoms with Crippen molar-refractivity contribution >= 4 is 50.8 Å². The van der Waals surface area contributed by atoms with E-state index < -0.39 is 0 Å². The minimum atomic E-state index is 0.456. The van der Waals surface area contributed by atoms with Gasteiger partial charge in [0, 0.05) is 16.6 Å². The molecule has 26 heavy (non-hydrogen) atoms. The lowest BCUT2D eigenvalue weighted by Crippen LogP contribution is -2.23. The van der Waals surface area contributed by atoms with E-state index in [1.807, 2.05) is 48.5 Å². The van der Waals surface area contributed by atoms with Gasteiger partial charge in [-0.25, -0.2) is 0 Å². The van der Waals surface area contributed by atoms with Gasteiger partial charge in [-0.15, -0.1) is 0 Å². The summed E-state index contributed by atoms with van der Waals surface area (Å²) in [7, 11) is 0. The van der Waals surface area contributed by atoms with Crippen LogP contribution in [0.15, 0.2) is 90.0 Å². The summed E-state index contributed by atoms with van der Waals surface area (Å²) in [6.07, 6.45) is 1.79. The van der Waals surface area contributed by atoms with Crippen molar-refractivity contribution in [3.05, 3.63) is 90.5 Å². The van der Waals surface area contributed by atoms with Crippen LogP contribution in [0.3, 0.4) is 0 Å². The van der Waals surface area contributed by atoms with Gasteiger partial charge >= 0.3 is 0 Å². The number of nitrogens with one attached hydrogen (secondary N) is 2. The van der Waals surface area contributed by atoms with Gasteiger partial charge in [0.05, 0.1) is 6.21 Å². The lowest BCUT2D eigenvalue weighted by molar-refractivity contribution is 1.05. The van der Waals surface area contributed by atoms with Gasteiger partial charge in [0.15, 0.2) is 5.11 Å². The van der Waals surface area contributed by atoms with E-state index in [0.717, 1.165) is 22.0 Å². The summed E-state index contributed by atoms with van der Waals surface area (Å²) in [6.45, 7) is 0. The van der Waals surface area contributed by atoms with Crippen molar-refractivity contribution in [3.63, 3.8) is 0 Å². The van der Waals surface area contributed by atoms with E-state index in [2.05, 4.69) is 52.2 Å². The molecule has 4 aromatic carbocycles. The molecule has 0 radical (unpaired) electrons. The molecule has 2 N–H and O–H groups in total. The molecule has 0 atom stereocenters. The molecule has 3 nitrogen and oxygen atoms in total. The highest BCUT2D eigenvalue weighted by atomic mass is 32.1. The fourth-order valence-corrected chi connectivity index (χ4v) is 3.17. The summed E-state index contributed by atoms with van der Waals surface area (Å²) in [5, 5.41) is 12.6. The normalized spacial score (nSPS) is 11.1. The Morgan fingerprint density at radius 3 is 2.15 bits per heavy atom. The topological polar surface area (TPSA) is 36.4 Å². The van der Waals surface area contributed by atoms with Crippen LogP contribution < -0.4 is 10.7 Å². The third-order valence-corrected chi connectivity index (χ3v) is 4.42. The van der Waals surface area contributed by atoms with Gasteiger partial charge in [-0.2, -0.15) is 5.10 Å². The Morgan fingerprint density at radius 1 is 0.731 bits per heavy atom. The zero-order valence-corrected chi connectivity index (χ0v) is 14.8. The van der Waals surface area contributed by atoms with Crippen LogP contribution in [0.1, 0.15) is 5.56 Å². The maximum Gasteiger partial charge on any atom is 0.191 e. The number of fused-ring (bicyclic) bond motifs is 2. The van der Waals surface area contributed by atoms with Crippen molar-refractivity contribution in [2.75, 3.05) is 5.32 Å². The Balaban J connectivity index is 1.49. The van der Waals surface area contributed by atoms with Gasteiger partial charge < -0.3 is 5.32 Å². The molecule has 4 rings (SSSR count). The van der Waals surface area contributed by atoms with Crippen molar-refractivity contribution in [3.8, 4) is 0 Å². The summed E-state index contributed by atoms with van der Waals surface area (Å²) in [5.41, 5.74) is 4.90. The van der Waals surface area contributed by atoms with Gasteiger partial charge in [0.2, 0.25) is 0 Å². The predicted octanol–water partition coefficient (Wildman–Crippen LogP) is 5.31. The molecule has 0 saturated heterocycles. The maximum atomic E-state index is 5.37. The quantitative estimate of drug-likeness (QED) is 0.297. The predicted molar refractivity (Wildman–Crippen MR) is 115 cm³/mol. The summed E-state index contributed by atoms with van der Waals surface area (Å²) >= 11 is 5.37. The lowest BCUT2D eigenvalue weighted by Gasteiger charge is -2.10. The Morgan fingerprint density at radius 2 is 1.35 bits per heavy atom.